The Labute approximate surface area is 148 Å². The molecule has 1 atom stereocenters. The van der Waals surface area contributed by atoms with Gasteiger partial charge in [-0.15, -0.1) is 0 Å². The van der Waals surface area contributed by atoms with Crippen LogP contribution in [-0.2, 0) is 0 Å². The SMILES string of the molecule is CCN(CC)[C@@H](CNC(=O)Nc1c(C)cc(C)cc1C)CC(C)C. The molecule has 1 aromatic rings. The third-order valence-electron chi connectivity index (χ3n) is 4.49. The molecule has 4 heteroatoms. The van der Waals surface area contributed by atoms with Crippen molar-refractivity contribution in [2.75, 3.05) is 25.0 Å². The van der Waals surface area contributed by atoms with Crippen molar-refractivity contribution in [3.63, 3.8) is 0 Å². The smallest absolute Gasteiger partial charge is 0.319 e. The monoisotopic (exact) mass is 333 g/mol. The zero-order chi connectivity index (χ0) is 18.3. The lowest BCUT2D eigenvalue weighted by Gasteiger charge is -2.31. The molecule has 0 unspecified atom stereocenters. The van der Waals surface area contributed by atoms with Crippen LogP contribution in [-0.4, -0.2) is 36.6 Å². The minimum absolute atomic E-state index is 0.119. The Morgan fingerprint density at radius 3 is 2.08 bits per heavy atom. The zero-order valence-electron chi connectivity index (χ0n) is 16.5. The second-order valence-corrected chi connectivity index (χ2v) is 7.11. The number of benzene rings is 1. The van der Waals surface area contributed by atoms with Crippen LogP contribution in [0.4, 0.5) is 10.5 Å². The second-order valence-electron chi connectivity index (χ2n) is 7.11. The fraction of sp³-hybridized carbons (Fsp3) is 0.650. The van der Waals surface area contributed by atoms with Gasteiger partial charge in [0.25, 0.3) is 0 Å². The Balaban J connectivity index is 2.69. The number of nitrogens with one attached hydrogen (secondary N) is 2. The van der Waals surface area contributed by atoms with Gasteiger partial charge in [0.05, 0.1) is 0 Å². The van der Waals surface area contributed by atoms with Crippen molar-refractivity contribution in [1.29, 1.82) is 0 Å². The van der Waals surface area contributed by atoms with Gasteiger partial charge in [-0.05, 0) is 57.3 Å². The van der Waals surface area contributed by atoms with Crippen molar-refractivity contribution in [2.45, 2.75) is 60.9 Å². The van der Waals surface area contributed by atoms with Crippen LogP contribution >= 0.6 is 0 Å². The zero-order valence-corrected chi connectivity index (χ0v) is 16.5. The predicted molar refractivity (Wildman–Crippen MR) is 104 cm³/mol. The highest BCUT2D eigenvalue weighted by Crippen LogP contribution is 2.21. The summed E-state index contributed by atoms with van der Waals surface area (Å²) in [7, 11) is 0. The van der Waals surface area contributed by atoms with Gasteiger partial charge in [0.15, 0.2) is 0 Å². The molecule has 0 spiro atoms. The van der Waals surface area contributed by atoms with Crippen molar-refractivity contribution >= 4 is 11.7 Å². The maximum Gasteiger partial charge on any atom is 0.319 e. The predicted octanol–water partition coefficient (Wildman–Crippen LogP) is 4.49. The van der Waals surface area contributed by atoms with Crippen LogP contribution in [0, 0.1) is 26.7 Å². The Morgan fingerprint density at radius 1 is 1.08 bits per heavy atom. The van der Waals surface area contributed by atoms with Crippen LogP contribution in [0.5, 0.6) is 0 Å². The summed E-state index contributed by atoms with van der Waals surface area (Å²) in [5, 5.41) is 6.08. The number of hydrogen-bond acceptors (Lipinski definition) is 2. The number of anilines is 1. The number of urea groups is 1. The van der Waals surface area contributed by atoms with Crippen LogP contribution in [0.25, 0.3) is 0 Å². The molecule has 0 radical (unpaired) electrons. The molecule has 4 nitrogen and oxygen atoms in total. The highest BCUT2D eigenvalue weighted by Gasteiger charge is 2.18. The molecule has 1 aromatic carbocycles. The number of hydrogen-bond donors (Lipinski definition) is 2. The van der Waals surface area contributed by atoms with E-state index >= 15 is 0 Å². The molecule has 0 aliphatic carbocycles. The van der Waals surface area contributed by atoms with Gasteiger partial charge in [-0.2, -0.15) is 0 Å². The number of carbonyl (C=O) groups excluding carboxylic acids is 1. The molecular weight excluding hydrogens is 298 g/mol. The van der Waals surface area contributed by atoms with Crippen molar-refractivity contribution in [1.82, 2.24) is 10.2 Å². The minimum Gasteiger partial charge on any atom is -0.336 e. The van der Waals surface area contributed by atoms with Crippen LogP contribution in [0.15, 0.2) is 12.1 Å². The van der Waals surface area contributed by atoms with Crippen molar-refractivity contribution in [2.24, 2.45) is 5.92 Å². The molecule has 0 aliphatic heterocycles. The highest BCUT2D eigenvalue weighted by atomic mass is 16.2. The average molecular weight is 334 g/mol. The van der Waals surface area contributed by atoms with E-state index in [-0.39, 0.29) is 6.03 Å². The number of likely N-dealkylation sites (N-methyl/N-ethyl adjacent to an activating group) is 1. The Kier molecular flexibility index (Phi) is 8.26. The quantitative estimate of drug-likeness (QED) is 0.736. The lowest BCUT2D eigenvalue weighted by atomic mass is 10.0. The summed E-state index contributed by atoms with van der Waals surface area (Å²) in [6.07, 6.45) is 1.09. The van der Waals surface area contributed by atoms with Crippen LogP contribution in [0.3, 0.4) is 0 Å². The van der Waals surface area contributed by atoms with Gasteiger partial charge in [0.2, 0.25) is 0 Å². The number of nitrogens with zero attached hydrogens (tertiary/aromatic N) is 1. The number of amides is 2. The second kappa shape index (κ2) is 9.67. The largest absolute Gasteiger partial charge is 0.336 e. The Morgan fingerprint density at radius 2 is 1.62 bits per heavy atom. The normalized spacial score (nSPS) is 12.5. The molecule has 1 rings (SSSR count). The van der Waals surface area contributed by atoms with Crippen molar-refractivity contribution in [3.05, 3.63) is 28.8 Å². The maximum absolute atomic E-state index is 12.4. The Bertz CT molecular complexity index is 513. The van der Waals surface area contributed by atoms with Crippen molar-refractivity contribution in [3.8, 4) is 0 Å². The van der Waals surface area contributed by atoms with Gasteiger partial charge in [-0.3, -0.25) is 4.90 Å². The summed E-state index contributed by atoms with van der Waals surface area (Å²) < 4.78 is 0. The first kappa shape index (κ1) is 20.5. The summed E-state index contributed by atoms with van der Waals surface area (Å²) in [4.78, 5) is 14.8. The molecule has 136 valence electrons. The van der Waals surface area contributed by atoms with Gasteiger partial charge >= 0.3 is 6.03 Å². The summed E-state index contributed by atoms with van der Waals surface area (Å²) in [5.74, 6) is 0.613. The number of aryl methyl sites for hydroxylation is 3. The standard InChI is InChI=1S/C20H35N3O/c1-8-23(9-2)18(10-14(3)4)13-21-20(24)22-19-16(6)11-15(5)12-17(19)7/h11-12,14,18H,8-10,13H2,1-7H3,(H2,21,22,24)/t18-/m1/s1. The van der Waals surface area contributed by atoms with E-state index in [1.54, 1.807) is 0 Å². The maximum atomic E-state index is 12.4. The summed E-state index contributed by atoms with van der Waals surface area (Å²) in [6.45, 7) is 17.7. The van der Waals surface area contributed by atoms with E-state index in [4.69, 9.17) is 0 Å². The third-order valence-corrected chi connectivity index (χ3v) is 4.49. The fourth-order valence-corrected chi connectivity index (χ4v) is 3.39. The van der Waals surface area contributed by atoms with E-state index in [1.807, 2.05) is 13.8 Å². The van der Waals surface area contributed by atoms with E-state index < -0.39 is 0 Å². The van der Waals surface area contributed by atoms with E-state index in [1.165, 1.54) is 5.56 Å². The summed E-state index contributed by atoms with van der Waals surface area (Å²) in [6, 6.07) is 4.46. The van der Waals surface area contributed by atoms with E-state index in [0.29, 0.717) is 18.5 Å². The van der Waals surface area contributed by atoms with Gasteiger partial charge in [-0.1, -0.05) is 45.4 Å². The molecular formula is C20H35N3O. The molecule has 0 aliphatic rings. The molecule has 2 N–H and O–H groups in total. The first-order chi connectivity index (χ1) is 11.3. The summed E-state index contributed by atoms with van der Waals surface area (Å²) >= 11 is 0. The Hall–Kier alpha value is -1.55. The number of carbonyl (C=O) groups is 1. The lowest BCUT2D eigenvalue weighted by Crippen LogP contribution is -2.45. The molecule has 2 amide bonds. The lowest BCUT2D eigenvalue weighted by molar-refractivity contribution is 0.186. The van der Waals surface area contributed by atoms with Gasteiger partial charge in [0, 0.05) is 18.3 Å². The van der Waals surface area contributed by atoms with Crippen LogP contribution < -0.4 is 10.6 Å². The molecule has 0 heterocycles. The average Bonchev–Trinajstić information content (AvgIpc) is 2.49. The minimum atomic E-state index is -0.119. The van der Waals surface area contributed by atoms with E-state index in [9.17, 15) is 4.79 Å². The first-order valence-corrected chi connectivity index (χ1v) is 9.15. The summed E-state index contributed by atoms with van der Waals surface area (Å²) in [5.41, 5.74) is 4.34. The molecule has 24 heavy (non-hydrogen) atoms. The third kappa shape index (κ3) is 6.16. The van der Waals surface area contributed by atoms with Crippen molar-refractivity contribution < 1.29 is 4.79 Å². The molecule has 0 fully saturated rings. The van der Waals surface area contributed by atoms with Crippen LogP contribution in [0.1, 0.15) is 50.8 Å². The van der Waals surface area contributed by atoms with Gasteiger partial charge in [0.1, 0.15) is 0 Å². The fourth-order valence-electron chi connectivity index (χ4n) is 3.39. The van der Waals surface area contributed by atoms with E-state index in [0.717, 1.165) is 36.3 Å². The number of rotatable bonds is 8. The molecule has 0 aromatic heterocycles. The first-order valence-electron chi connectivity index (χ1n) is 9.15. The molecule has 0 saturated heterocycles. The molecule has 0 saturated carbocycles. The van der Waals surface area contributed by atoms with Crippen LogP contribution in [0.2, 0.25) is 0 Å². The van der Waals surface area contributed by atoms with Gasteiger partial charge < -0.3 is 10.6 Å². The van der Waals surface area contributed by atoms with E-state index in [2.05, 4.69) is 62.3 Å². The topological polar surface area (TPSA) is 44.4 Å². The van der Waals surface area contributed by atoms with Gasteiger partial charge in [-0.25, -0.2) is 4.79 Å². The molecule has 0 bridgehead atoms. The highest BCUT2D eigenvalue weighted by molar-refractivity contribution is 5.91.